The van der Waals surface area contributed by atoms with Crippen molar-refractivity contribution in [2.45, 2.75) is 57.1 Å². The number of hydrogen-bond acceptors (Lipinski definition) is 3. The largest absolute Gasteiger partial charge is 0.391 e. The molecule has 0 radical (unpaired) electrons. The van der Waals surface area contributed by atoms with Gasteiger partial charge >= 0.3 is 0 Å². The molecule has 17 heavy (non-hydrogen) atoms. The van der Waals surface area contributed by atoms with Crippen LogP contribution in [0.5, 0.6) is 0 Å². The van der Waals surface area contributed by atoms with Crippen molar-refractivity contribution in [3.05, 3.63) is 0 Å². The van der Waals surface area contributed by atoms with Crippen molar-refractivity contribution < 1.29 is 13.5 Å². The number of nitrogens with one attached hydrogen (secondary N) is 1. The first-order chi connectivity index (χ1) is 8.09. The van der Waals surface area contributed by atoms with Gasteiger partial charge in [0, 0.05) is 19.1 Å². The van der Waals surface area contributed by atoms with Crippen molar-refractivity contribution in [3.63, 3.8) is 0 Å². The molecule has 2 fully saturated rings. The van der Waals surface area contributed by atoms with Gasteiger partial charge in [0.2, 0.25) is 0 Å². The summed E-state index contributed by atoms with van der Waals surface area (Å²) < 4.78 is 28.4. The molecule has 2 N–H and O–H groups in total. The minimum absolute atomic E-state index is 0.296. The van der Waals surface area contributed by atoms with Gasteiger partial charge in [-0.05, 0) is 25.7 Å². The van der Waals surface area contributed by atoms with Crippen LogP contribution in [0.25, 0.3) is 0 Å². The summed E-state index contributed by atoms with van der Waals surface area (Å²) in [4.78, 5) is 0. The number of aliphatic hydroxyl groups excluding tert-OH is 1. The van der Waals surface area contributed by atoms with Crippen molar-refractivity contribution in [2.24, 2.45) is 0 Å². The zero-order valence-corrected chi connectivity index (χ0v) is 11.0. The van der Waals surface area contributed by atoms with Crippen LogP contribution in [0.3, 0.4) is 0 Å². The van der Waals surface area contributed by atoms with E-state index in [0.29, 0.717) is 19.5 Å². The lowest BCUT2D eigenvalue weighted by Gasteiger charge is -2.32. The van der Waals surface area contributed by atoms with Crippen LogP contribution in [0.15, 0.2) is 0 Å². The standard InChI is InChI=1S/C11H22N2O3S/c14-11-7-3-2-6-10(11)12-17(15,16)13-8-4-1-5-9-13/h10-12,14H,1-9H2. The summed E-state index contributed by atoms with van der Waals surface area (Å²) in [7, 11) is -3.39. The summed E-state index contributed by atoms with van der Waals surface area (Å²) in [5.41, 5.74) is 0. The van der Waals surface area contributed by atoms with Crippen molar-refractivity contribution in [3.8, 4) is 0 Å². The molecule has 2 unspecified atom stereocenters. The second-order valence-corrected chi connectivity index (χ2v) is 6.74. The van der Waals surface area contributed by atoms with Crippen LogP contribution in [0.4, 0.5) is 0 Å². The molecule has 1 saturated heterocycles. The molecule has 0 aromatic carbocycles. The first-order valence-corrected chi connectivity index (χ1v) is 7.99. The summed E-state index contributed by atoms with van der Waals surface area (Å²) in [6.07, 6.45) is 5.89. The molecule has 6 heteroatoms. The summed E-state index contributed by atoms with van der Waals surface area (Å²) in [6.45, 7) is 1.22. The molecule has 0 bridgehead atoms. The third kappa shape index (κ3) is 3.40. The minimum Gasteiger partial charge on any atom is -0.391 e. The lowest BCUT2D eigenvalue weighted by atomic mass is 9.93. The maximum atomic E-state index is 12.1. The van der Waals surface area contributed by atoms with E-state index < -0.39 is 16.3 Å². The van der Waals surface area contributed by atoms with Crippen molar-refractivity contribution in [2.75, 3.05) is 13.1 Å². The average Bonchev–Trinajstić information content (AvgIpc) is 2.33. The maximum Gasteiger partial charge on any atom is 0.279 e. The molecule has 0 aromatic rings. The van der Waals surface area contributed by atoms with Crippen molar-refractivity contribution >= 4 is 10.2 Å². The van der Waals surface area contributed by atoms with E-state index in [1.165, 1.54) is 4.31 Å². The molecule has 2 aliphatic rings. The van der Waals surface area contributed by atoms with Gasteiger partial charge < -0.3 is 5.11 Å². The fraction of sp³-hybridized carbons (Fsp3) is 1.00. The van der Waals surface area contributed by atoms with E-state index >= 15 is 0 Å². The molecule has 100 valence electrons. The van der Waals surface area contributed by atoms with Gasteiger partial charge in [0.25, 0.3) is 10.2 Å². The van der Waals surface area contributed by atoms with Crippen LogP contribution < -0.4 is 4.72 Å². The first kappa shape index (κ1) is 13.3. The lowest BCUT2D eigenvalue weighted by Crippen LogP contribution is -2.51. The highest BCUT2D eigenvalue weighted by Gasteiger charge is 2.31. The van der Waals surface area contributed by atoms with Gasteiger partial charge in [0.05, 0.1) is 6.10 Å². The minimum atomic E-state index is -3.39. The van der Waals surface area contributed by atoms with E-state index in [9.17, 15) is 13.5 Å². The Balaban J connectivity index is 1.95. The molecule has 2 rings (SSSR count). The van der Waals surface area contributed by atoms with Crippen LogP contribution in [-0.4, -0.2) is 43.1 Å². The molecule has 0 spiro atoms. The average molecular weight is 262 g/mol. The molecular formula is C11H22N2O3S. The predicted octanol–water partition coefficient (Wildman–Crippen LogP) is 0.610. The SMILES string of the molecule is O=S(=O)(NC1CCCCC1O)N1CCCCC1. The summed E-state index contributed by atoms with van der Waals surface area (Å²) in [5, 5.41) is 9.79. The molecule has 1 aliphatic carbocycles. The van der Waals surface area contributed by atoms with Crippen LogP contribution in [0.1, 0.15) is 44.9 Å². The van der Waals surface area contributed by atoms with Gasteiger partial charge in [-0.3, -0.25) is 0 Å². The van der Waals surface area contributed by atoms with E-state index in [2.05, 4.69) is 4.72 Å². The van der Waals surface area contributed by atoms with Crippen LogP contribution in [0.2, 0.25) is 0 Å². The van der Waals surface area contributed by atoms with E-state index in [-0.39, 0.29) is 6.04 Å². The molecule has 5 nitrogen and oxygen atoms in total. The number of piperidine rings is 1. The Labute approximate surface area is 103 Å². The van der Waals surface area contributed by atoms with Gasteiger partial charge in [0.15, 0.2) is 0 Å². The molecule has 2 atom stereocenters. The molecule has 1 heterocycles. The van der Waals surface area contributed by atoms with Gasteiger partial charge in [-0.25, -0.2) is 0 Å². The highest BCUT2D eigenvalue weighted by atomic mass is 32.2. The quantitative estimate of drug-likeness (QED) is 0.783. The Morgan fingerprint density at radius 2 is 1.65 bits per heavy atom. The molecule has 0 amide bonds. The zero-order chi connectivity index (χ0) is 12.3. The number of nitrogens with zero attached hydrogens (tertiary/aromatic N) is 1. The molecule has 1 aliphatic heterocycles. The zero-order valence-electron chi connectivity index (χ0n) is 10.1. The third-order valence-corrected chi connectivity index (χ3v) is 5.33. The fourth-order valence-corrected chi connectivity index (χ4v) is 4.17. The number of rotatable bonds is 3. The summed E-state index contributed by atoms with van der Waals surface area (Å²) >= 11 is 0. The summed E-state index contributed by atoms with van der Waals surface area (Å²) in [5.74, 6) is 0. The number of hydrogen-bond donors (Lipinski definition) is 2. The van der Waals surface area contributed by atoms with E-state index in [0.717, 1.165) is 38.5 Å². The van der Waals surface area contributed by atoms with E-state index in [1.54, 1.807) is 0 Å². The fourth-order valence-electron chi connectivity index (χ4n) is 2.62. The Morgan fingerprint density at radius 3 is 2.29 bits per heavy atom. The highest BCUT2D eigenvalue weighted by molar-refractivity contribution is 7.87. The van der Waals surface area contributed by atoms with Gasteiger partial charge in [-0.1, -0.05) is 19.3 Å². The molecular weight excluding hydrogens is 240 g/mol. The Morgan fingerprint density at radius 1 is 1.00 bits per heavy atom. The smallest absolute Gasteiger partial charge is 0.279 e. The Kier molecular flexibility index (Phi) is 4.41. The topological polar surface area (TPSA) is 69.6 Å². The monoisotopic (exact) mass is 262 g/mol. The van der Waals surface area contributed by atoms with Crippen molar-refractivity contribution in [1.82, 2.24) is 9.03 Å². The van der Waals surface area contributed by atoms with Crippen LogP contribution in [0, 0.1) is 0 Å². The third-order valence-electron chi connectivity index (χ3n) is 3.68. The summed E-state index contributed by atoms with van der Waals surface area (Å²) in [6, 6.07) is -0.296. The Hall–Kier alpha value is -0.170. The van der Waals surface area contributed by atoms with Gasteiger partial charge in [-0.15, -0.1) is 0 Å². The van der Waals surface area contributed by atoms with Gasteiger partial charge in [0.1, 0.15) is 0 Å². The second-order valence-electron chi connectivity index (χ2n) is 5.04. The molecule has 0 aromatic heterocycles. The van der Waals surface area contributed by atoms with Crippen LogP contribution >= 0.6 is 0 Å². The Bertz CT molecular complexity index is 339. The highest BCUT2D eigenvalue weighted by Crippen LogP contribution is 2.20. The second kappa shape index (κ2) is 5.65. The van der Waals surface area contributed by atoms with Crippen LogP contribution in [-0.2, 0) is 10.2 Å². The van der Waals surface area contributed by atoms with Gasteiger partial charge in [-0.2, -0.15) is 17.4 Å². The first-order valence-electron chi connectivity index (χ1n) is 6.55. The molecule has 1 saturated carbocycles. The predicted molar refractivity (Wildman–Crippen MR) is 65.7 cm³/mol. The normalized spacial score (nSPS) is 32.5. The van der Waals surface area contributed by atoms with E-state index in [1.807, 2.05) is 0 Å². The maximum absolute atomic E-state index is 12.1. The van der Waals surface area contributed by atoms with Crippen molar-refractivity contribution in [1.29, 1.82) is 0 Å². The lowest BCUT2D eigenvalue weighted by molar-refractivity contribution is 0.100. The van der Waals surface area contributed by atoms with E-state index in [4.69, 9.17) is 0 Å². The number of aliphatic hydroxyl groups is 1.